The van der Waals surface area contributed by atoms with Gasteiger partial charge < -0.3 is 15.0 Å². The zero-order chi connectivity index (χ0) is 37.9. The summed E-state index contributed by atoms with van der Waals surface area (Å²) in [5, 5.41) is 10.6. The Morgan fingerprint density at radius 3 is 2.50 bits per heavy atom. The summed E-state index contributed by atoms with van der Waals surface area (Å²) in [5.41, 5.74) is 1.85. The van der Waals surface area contributed by atoms with E-state index in [-0.39, 0.29) is 35.7 Å². The number of piperidine rings is 1. The Hall–Kier alpha value is -5.51. The summed E-state index contributed by atoms with van der Waals surface area (Å²) in [4.78, 5) is 56.6. The number of anilines is 1. The van der Waals surface area contributed by atoms with Crippen LogP contribution in [-0.4, -0.2) is 73.3 Å². The lowest BCUT2D eigenvalue weighted by Gasteiger charge is -2.43. The number of nitrogens with zero attached hydrogens (tertiary/aromatic N) is 6. The maximum absolute atomic E-state index is 13.4. The fourth-order valence-electron chi connectivity index (χ4n) is 8.33. The summed E-state index contributed by atoms with van der Waals surface area (Å²) in [6.45, 7) is 2.75. The van der Waals surface area contributed by atoms with Crippen molar-refractivity contribution < 1.29 is 32.3 Å². The number of ether oxygens (including phenoxy) is 1. The highest BCUT2D eigenvalue weighted by Crippen LogP contribution is 2.38. The van der Waals surface area contributed by atoms with Gasteiger partial charge in [-0.05, 0) is 67.9 Å². The van der Waals surface area contributed by atoms with Crippen molar-refractivity contribution in [2.45, 2.75) is 62.7 Å². The average molecular weight is 745 g/mol. The average Bonchev–Trinajstić information content (AvgIpc) is 3.66. The van der Waals surface area contributed by atoms with Gasteiger partial charge in [0, 0.05) is 56.7 Å². The van der Waals surface area contributed by atoms with E-state index in [2.05, 4.69) is 26.6 Å². The quantitative estimate of drug-likeness (QED) is 0.207. The molecule has 3 fully saturated rings. The van der Waals surface area contributed by atoms with Gasteiger partial charge in [-0.25, -0.2) is 9.78 Å². The van der Waals surface area contributed by atoms with Crippen LogP contribution in [0.2, 0.25) is 0 Å². The van der Waals surface area contributed by atoms with Crippen LogP contribution < -0.4 is 21.1 Å². The minimum Gasteiger partial charge on any atom is -0.494 e. The van der Waals surface area contributed by atoms with Crippen LogP contribution in [0.15, 0.2) is 59.5 Å². The number of hydrogen-bond donors (Lipinski definition) is 2. The number of hydrogen-bond acceptors (Lipinski definition) is 8. The molecule has 3 amide bonds. The monoisotopic (exact) mass is 744 g/mol. The number of likely N-dealkylation sites (tertiary alicyclic amines) is 1. The lowest BCUT2D eigenvalue weighted by atomic mass is 9.83. The maximum atomic E-state index is 13.4. The second-order valence-corrected chi connectivity index (χ2v) is 14.6. The van der Waals surface area contributed by atoms with Gasteiger partial charge in [0.1, 0.15) is 23.2 Å². The number of methoxy groups -OCH3 is 1. The minimum absolute atomic E-state index is 0.198. The molecule has 1 aliphatic carbocycles. The standard InChI is InChI=1S/C38H39F3N8O5/c1-46-34-25(5-3-7-29(34)49(37(46)53)30-13-14-33(50)44-36(30)52)23-18-47(19-23)17-21-9-11-24(12-10-21)48-20-22-15-28(31(54-2)16-27(22)45-48)43-35(51)26-6-4-8-32(42-26)38(39,40)41/h3-8,15-16,20-21,23-24,30H,9-14,17-19H2,1-2H3,(H,43,51)(H,44,50,52)/t21-,24-,30?. The number of nitrogens with one attached hydrogen (secondary N) is 2. The number of benzene rings is 2. The summed E-state index contributed by atoms with van der Waals surface area (Å²) in [6, 6.07) is 11.9. The van der Waals surface area contributed by atoms with Crippen LogP contribution >= 0.6 is 0 Å². The Kier molecular flexibility index (Phi) is 9.02. The van der Waals surface area contributed by atoms with Gasteiger partial charge in [-0.3, -0.25) is 33.5 Å². The van der Waals surface area contributed by atoms with E-state index in [1.807, 2.05) is 23.0 Å². The van der Waals surface area contributed by atoms with Crippen molar-refractivity contribution in [3.8, 4) is 5.75 Å². The summed E-state index contributed by atoms with van der Waals surface area (Å²) in [7, 11) is 3.19. The van der Waals surface area contributed by atoms with E-state index in [9.17, 15) is 32.3 Å². The highest BCUT2D eigenvalue weighted by molar-refractivity contribution is 6.05. The number of alkyl halides is 3. The van der Waals surface area contributed by atoms with Crippen molar-refractivity contribution >= 4 is 45.3 Å². The third kappa shape index (κ3) is 6.52. The zero-order valence-electron chi connectivity index (χ0n) is 29.7. The highest BCUT2D eigenvalue weighted by atomic mass is 19.4. The molecule has 0 spiro atoms. The van der Waals surface area contributed by atoms with Crippen molar-refractivity contribution in [2.75, 3.05) is 32.1 Å². The number of rotatable bonds is 8. The van der Waals surface area contributed by atoms with Crippen LogP contribution in [-0.2, 0) is 22.8 Å². The van der Waals surface area contributed by atoms with Crippen LogP contribution in [0.4, 0.5) is 18.9 Å². The van der Waals surface area contributed by atoms with Crippen molar-refractivity contribution in [1.29, 1.82) is 0 Å². The number of para-hydroxylation sites is 1. The molecule has 282 valence electrons. The zero-order valence-corrected chi connectivity index (χ0v) is 29.7. The number of imide groups is 1. The number of halogens is 3. The van der Waals surface area contributed by atoms with E-state index >= 15 is 0 Å². The summed E-state index contributed by atoms with van der Waals surface area (Å²) >= 11 is 0. The fourth-order valence-corrected chi connectivity index (χ4v) is 8.33. The molecule has 2 aliphatic heterocycles. The molecule has 2 saturated heterocycles. The number of pyridine rings is 1. The molecule has 0 radical (unpaired) electrons. The fraction of sp³-hybridized carbons (Fsp3) is 0.421. The first-order valence-corrected chi connectivity index (χ1v) is 18.1. The van der Waals surface area contributed by atoms with Gasteiger partial charge in [-0.2, -0.15) is 18.3 Å². The second-order valence-electron chi connectivity index (χ2n) is 14.6. The van der Waals surface area contributed by atoms with Crippen molar-refractivity contribution in [3.05, 3.63) is 82.2 Å². The highest BCUT2D eigenvalue weighted by Gasteiger charge is 2.36. The Bertz CT molecular complexity index is 2350. The number of imidazole rings is 1. The minimum atomic E-state index is -4.67. The summed E-state index contributed by atoms with van der Waals surface area (Å²) in [6.07, 6.45) is 1.73. The molecule has 2 N–H and O–H groups in total. The number of fused-ring (bicyclic) bond motifs is 2. The molecule has 5 heterocycles. The number of amides is 3. The molecule has 13 nitrogen and oxygen atoms in total. The van der Waals surface area contributed by atoms with Crippen molar-refractivity contribution in [1.82, 2.24) is 34.1 Å². The van der Waals surface area contributed by atoms with E-state index < -0.39 is 29.7 Å². The lowest BCUT2D eigenvalue weighted by molar-refractivity contribution is -0.141. The Morgan fingerprint density at radius 2 is 1.78 bits per heavy atom. The normalized spacial score (nSPS) is 21.3. The molecule has 1 atom stereocenters. The lowest BCUT2D eigenvalue weighted by Crippen LogP contribution is -2.47. The van der Waals surface area contributed by atoms with Gasteiger partial charge in [-0.15, -0.1) is 0 Å². The maximum Gasteiger partial charge on any atom is 0.433 e. The molecule has 5 aromatic rings. The summed E-state index contributed by atoms with van der Waals surface area (Å²) in [5.74, 6) is -0.419. The molecule has 1 unspecified atom stereocenters. The Labute approximate surface area is 307 Å². The van der Waals surface area contributed by atoms with E-state index in [1.165, 1.54) is 17.7 Å². The Balaban J connectivity index is 0.888. The molecule has 1 saturated carbocycles. The van der Waals surface area contributed by atoms with Crippen LogP contribution in [0.5, 0.6) is 5.75 Å². The van der Waals surface area contributed by atoms with Gasteiger partial charge in [0.2, 0.25) is 11.8 Å². The molecule has 54 heavy (non-hydrogen) atoms. The van der Waals surface area contributed by atoms with Gasteiger partial charge in [0.05, 0.1) is 35.4 Å². The molecule has 2 aromatic carbocycles. The predicted molar refractivity (Wildman–Crippen MR) is 192 cm³/mol. The first-order chi connectivity index (χ1) is 25.9. The van der Waals surface area contributed by atoms with Gasteiger partial charge in [-0.1, -0.05) is 18.2 Å². The molecule has 3 aromatic heterocycles. The van der Waals surface area contributed by atoms with Crippen LogP contribution in [0, 0.1) is 5.92 Å². The molecule has 3 aliphatic rings. The van der Waals surface area contributed by atoms with E-state index in [4.69, 9.17) is 9.84 Å². The largest absolute Gasteiger partial charge is 0.494 e. The Morgan fingerprint density at radius 1 is 1.02 bits per heavy atom. The first-order valence-electron chi connectivity index (χ1n) is 18.1. The second kappa shape index (κ2) is 13.7. The number of aryl methyl sites for hydroxylation is 1. The smallest absolute Gasteiger partial charge is 0.433 e. The van der Waals surface area contributed by atoms with E-state index in [1.54, 1.807) is 23.7 Å². The third-order valence-corrected chi connectivity index (χ3v) is 11.1. The first kappa shape index (κ1) is 35.5. The van der Waals surface area contributed by atoms with Crippen LogP contribution in [0.3, 0.4) is 0 Å². The van der Waals surface area contributed by atoms with Gasteiger partial charge in [0.15, 0.2) is 0 Å². The van der Waals surface area contributed by atoms with Crippen LogP contribution in [0.1, 0.15) is 78.3 Å². The van der Waals surface area contributed by atoms with Gasteiger partial charge in [0.25, 0.3) is 5.91 Å². The van der Waals surface area contributed by atoms with E-state index in [0.717, 1.165) is 73.9 Å². The van der Waals surface area contributed by atoms with Gasteiger partial charge >= 0.3 is 11.9 Å². The number of aromatic nitrogens is 5. The van der Waals surface area contributed by atoms with E-state index in [0.29, 0.717) is 34.8 Å². The summed E-state index contributed by atoms with van der Waals surface area (Å²) < 4.78 is 50.1. The molecule has 0 bridgehead atoms. The third-order valence-electron chi connectivity index (χ3n) is 11.1. The molecular formula is C38H39F3N8O5. The van der Waals surface area contributed by atoms with Crippen molar-refractivity contribution in [3.63, 3.8) is 0 Å². The predicted octanol–water partition coefficient (Wildman–Crippen LogP) is 5.17. The molecule has 16 heteroatoms. The number of carbonyl (C=O) groups is 3. The SMILES string of the molecule is COc1cc2nn([C@H]3CC[C@H](CN4CC(c5cccc6c5n(C)c(=O)n6C5CCC(=O)NC5=O)C4)CC3)cc2cc1NC(=O)c1cccc(C(F)(F)F)n1. The van der Waals surface area contributed by atoms with Crippen LogP contribution in [0.25, 0.3) is 21.9 Å². The molecular weight excluding hydrogens is 705 g/mol. The van der Waals surface area contributed by atoms with Crippen molar-refractivity contribution in [2.24, 2.45) is 13.0 Å². The number of carbonyl (C=O) groups excluding carboxylic acids is 3. The topological polar surface area (TPSA) is 145 Å². The molecule has 8 rings (SSSR count).